The predicted molar refractivity (Wildman–Crippen MR) is 24.9 cm³/mol. The van der Waals surface area contributed by atoms with Crippen molar-refractivity contribution in [2.24, 2.45) is 0 Å². The molecule has 0 bridgehead atoms. The molecule has 0 rings (SSSR count). The fourth-order valence-electron chi connectivity index (χ4n) is 0. The Hall–Kier alpha value is 1.29. The van der Waals surface area contributed by atoms with Gasteiger partial charge in [-0.3, -0.25) is 0 Å². The Labute approximate surface area is 109 Å². The molecule has 0 radical (unpaired) electrons. The molecule has 0 heterocycles. The van der Waals surface area contributed by atoms with Crippen molar-refractivity contribution in [3.8, 4) is 0 Å². The first kappa shape index (κ1) is 22.8. The molecule has 0 aliphatic rings. The zero-order valence-corrected chi connectivity index (χ0v) is 11.2. The van der Waals surface area contributed by atoms with Crippen LogP contribution in [0.3, 0.4) is 0 Å². The minimum Gasteiger partial charge on any atom is -0.750 e. The summed E-state index contributed by atoms with van der Waals surface area (Å²) in [5, 5.41) is 0. The smallest absolute Gasteiger partial charge is 0.750 e. The first-order valence-corrected chi connectivity index (χ1v) is 3.27. The largest absolute Gasteiger partial charge is 1.00 e. The van der Waals surface area contributed by atoms with Gasteiger partial charge in [-0.1, -0.05) is 5.75 Å². The molecule has 0 aliphatic heterocycles. The monoisotopic (exact) mass is 198 g/mol. The van der Waals surface area contributed by atoms with Gasteiger partial charge in [0.05, 0.1) is 10.1 Å². The quantitative estimate of drug-likeness (QED) is 0.237. The van der Waals surface area contributed by atoms with E-state index in [4.69, 9.17) is 9.59 Å². The summed E-state index contributed by atoms with van der Waals surface area (Å²) >= 11 is 0. The van der Waals surface area contributed by atoms with Crippen LogP contribution < -0.4 is 59.1 Å². The molecule has 0 saturated heterocycles. The van der Waals surface area contributed by atoms with E-state index in [1.165, 1.54) is 0 Å². The summed E-state index contributed by atoms with van der Waals surface area (Å²) in [5.74, 6) is -0.562. The van der Waals surface area contributed by atoms with Crippen molar-refractivity contribution >= 4 is 16.3 Å². The van der Waals surface area contributed by atoms with E-state index in [9.17, 15) is 13.0 Å². The van der Waals surface area contributed by atoms with Crippen molar-refractivity contribution in [1.29, 1.82) is 0 Å². The van der Waals surface area contributed by atoms with Crippen molar-refractivity contribution in [2.75, 3.05) is 5.75 Å². The molecule has 0 aromatic carbocycles. The van der Waals surface area contributed by atoms with Crippen molar-refractivity contribution in [1.82, 2.24) is 0 Å². The molecule has 0 N–H and O–H groups in total. The summed E-state index contributed by atoms with van der Waals surface area (Å²) in [6, 6.07) is 0. The Morgan fingerprint density at radius 2 is 1.36 bits per heavy atom. The summed E-state index contributed by atoms with van der Waals surface area (Å²) in [4.78, 5) is 16.2. The van der Waals surface area contributed by atoms with Crippen LogP contribution in [0.4, 0.5) is 0 Å². The molecule has 11 heavy (non-hydrogen) atoms. The number of carbonyl (C=O) groups excluding carboxylic acids is 2. The SMILES string of the molecule is O=C=O.[CH2-]CS(=O)(=O)[O-].[Na+].[Na+]. The van der Waals surface area contributed by atoms with Crippen molar-refractivity contribution in [3.05, 3.63) is 6.92 Å². The minimum atomic E-state index is -4.02. The fraction of sp³-hybridized carbons (Fsp3) is 0.333. The minimum absolute atomic E-state index is 0. The van der Waals surface area contributed by atoms with Crippen molar-refractivity contribution in [2.45, 2.75) is 0 Å². The summed E-state index contributed by atoms with van der Waals surface area (Å²) in [6.45, 7) is 2.86. The number of rotatable bonds is 1. The van der Waals surface area contributed by atoms with Gasteiger partial charge in [0.2, 0.25) is 0 Å². The number of hydrogen-bond donors (Lipinski definition) is 0. The van der Waals surface area contributed by atoms with Gasteiger partial charge < -0.3 is 11.5 Å². The standard InChI is InChI=1S/C2H5O3S.CO2.2Na/c1-2-6(3,4)5;2-1-3;;/h1-2H2,(H,3,4,5);;;/q-1;;2*+1/p-1. The van der Waals surface area contributed by atoms with E-state index in [0.717, 1.165) is 0 Å². The second kappa shape index (κ2) is 13.9. The Bertz CT molecular complexity index is 180. The second-order valence-corrected chi connectivity index (χ2v) is 2.37. The molecule has 0 unspecified atom stereocenters. The van der Waals surface area contributed by atoms with Gasteiger partial charge in [-0.15, -0.1) is 0 Å². The molecular weight excluding hydrogens is 194 g/mol. The van der Waals surface area contributed by atoms with Gasteiger partial charge in [-0.05, 0) is 0 Å². The van der Waals surface area contributed by atoms with Crippen LogP contribution in [0.2, 0.25) is 0 Å². The third-order valence-electron chi connectivity index (χ3n) is 0.250. The molecule has 0 fully saturated rings. The fourth-order valence-corrected chi connectivity index (χ4v) is 0. The molecule has 8 heteroatoms. The van der Waals surface area contributed by atoms with Crippen LogP contribution in [0.15, 0.2) is 0 Å². The van der Waals surface area contributed by atoms with Gasteiger partial charge in [-0.2, -0.15) is 9.59 Å². The third kappa shape index (κ3) is 52.9. The van der Waals surface area contributed by atoms with E-state index in [1.54, 1.807) is 0 Å². The third-order valence-corrected chi connectivity index (χ3v) is 0.750. The molecule has 0 aliphatic carbocycles. The van der Waals surface area contributed by atoms with Gasteiger partial charge in [0, 0.05) is 0 Å². The molecule has 0 aromatic rings. The van der Waals surface area contributed by atoms with Crippen molar-refractivity contribution in [3.63, 3.8) is 0 Å². The zero-order chi connectivity index (χ0) is 7.91. The topological polar surface area (TPSA) is 91.3 Å². The van der Waals surface area contributed by atoms with E-state index in [1.807, 2.05) is 0 Å². The maximum absolute atomic E-state index is 9.38. The first-order valence-electron chi connectivity index (χ1n) is 1.70. The van der Waals surface area contributed by atoms with Crippen LogP contribution >= 0.6 is 0 Å². The van der Waals surface area contributed by atoms with Crippen LogP contribution in [0.1, 0.15) is 0 Å². The van der Waals surface area contributed by atoms with Crippen LogP contribution in [-0.2, 0) is 19.7 Å². The molecule has 0 saturated carbocycles. The summed E-state index contributed by atoms with van der Waals surface area (Å²) in [6.07, 6.45) is 0.250. The predicted octanol–water partition coefficient (Wildman–Crippen LogP) is -7.21. The molecule has 5 nitrogen and oxygen atoms in total. The van der Waals surface area contributed by atoms with Gasteiger partial charge in [0.15, 0.2) is 0 Å². The second-order valence-electron chi connectivity index (χ2n) is 0.845. The van der Waals surface area contributed by atoms with Crippen LogP contribution in [0.5, 0.6) is 0 Å². The Morgan fingerprint density at radius 3 is 1.36 bits per heavy atom. The molecule has 0 atom stereocenters. The summed E-state index contributed by atoms with van der Waals surface area (Å²) in [7, 11) is -4.02. The maximum Gasteiger partial charge on any atom is 1.00 e. The van der Waals surface area contributed by atoms with Crippen LogP contribution in [-0.4, -0.2) is 24.9 Å². The molecular formula is C3H4Na2O5S. The summed E-state index contributed by atoms with van der Waals surface area (Å²) < 4.78 is 28.1. The van der Waals surface area contributed by atoms with E-state index in [-0.39, 0.29) is 65.3 Å². The molecule has 0 amide bonds. The van der Waals surface area contributed by atoms with Crippen LogP contribution in [0, 0.1) is 6.92 Å². The Kier molecular flexibility index (Phi) is 28.7. The Morgan fingerprint density at radius 1 is 1.27 bits per heavy atom. The van der Waals surface area contributed by atoms with Gasteiger partial charge in [0.1, 0.15) is 0 Å². The average Bonchev–Trinajstić information content (AvgIpc) is 1.67. The molecule has 0 spiro atoms. The van der Waals surface area contributed by atoms with Gasteiger partial charge >= 0.3 is 65.3 Å². The zero-order valence-electron chi connectivity index (χ0n) is 6.36. The first-order chi connectivity index (χ1) is 3.97. The maximum atomic E-state index is 9.38. The van der Waals surface area contributed by atoms with E-state index >= 15 is 0 Å². The normalized spacial score (nSPS) is 7.09. The van der Waals surface area contributed by atoms with E-state index in [2.05, 4.69) is 6.92 Å². The van der Waals surface area contributed by atoms with Crippen molar-refractivity contribution < 1.29 is 81.7 Å². The Balaban J connectivity index is -0.0000000437. The summed E-state index contributed by atoms with van der Waals surface area (Å²) in [5.41, 5.74) is 0. The molecule has 54 valence electrons. The van der Waals surface area contributed by atoms with Crippen LogP contribution in [0.25, 0.3) is 0 Å². The number of hydrogen-bond acceptors (Lipinski definition) is 5. The van der Waals surface area contributed by atoms with E-state index < -0.39 is 15.9 Å². The molecule has 0 aromatic heterocycles. The average molecular weight is 198 g/mol. The van der Waals surface area contributed by atoms with Gasteiger partial charge in [0.25, 0.3) is 0 Å². The van der Waals surface area contributed by atoms with E-state index in [0.29, 0.717) is 0 Å². The van der Waals surface area contributed by atoms with Gasteiger partial charge in [-0.25, -0.2) is 8.42 Å².